The monoisotopic (exact) mass is 257 g/mol. The van der Waals surface area contributed by atoms with Crippen molar-refractivity contribution in [1.82, 2.24) is 9.55 Å². The highest BCUT2D eigenvalue weighted by Crippen LogP contribution is 2.24. The Hall–Kier alpha value is -1.81. The van der Waals surface area contributed by atoms with Crippen molar-refractivity contribution in [2.24, 2.45) is 0 Å². The zero-order valence-corrected chi connectivity index (χ0v) is 11.1. The molecule has 0 fully saturated rings. The van der Waals surface area contributed by atoms with Gasteiger partial charge in [0.05, 0.1) is 11.2 Å². The Morgan fingerprint density at radius 2 is 2.17 bits per heavy atom. The highest BCUT2D eigenvalue weighted by atomic mass is 32.1. The lowest BCUT2D eigenvalue weighted by molar-refractivity contribution is 0.736. The largest absolute Gasteiger partial charge is 0.397 e. The van der Waals surface area contributed by atoms with Crippen molar-refractivity contribution in [3.8, 4) is 0 Å². The molecule has 0 radical (unpaired) electrons. The molecule has 0 unspecified atom stereocenters. The Morgan fingerprint density at radius 3 is 2.89 bits per heavy atom. The fraction of sp³-hybridized carbons (Fsp3) is 0.214. The summed E-state index contributed by atoms with van der Waals surface area (Å²) in [7, 11) is 0. The standard InChI is InChI=1S/C14H15N3S/c1-2-17-12-7-3-6-11(15)14(12)16-13(17)9-10-5-4-8-18-10/h3-8H,2,9,15H2,1H3. The third-order valence-electron chi connectivity index (χ3n) is 3.12. The molecule has 0 amide bonds. The lowest BCUT2D eigenvalue weighted by atomic mass is 10.3. The average molecular weight is 257 g/mol. The number of nitrogens with zero attached hydrogens (tertiary/aromatic N) is 2. The number of hydrogen-bond acceptors (Lipinski definition) is 3. The minimum atomic E-state index is 0.757. The Bertz CT molecular complexity index is 668. The maximum atomic E-state index is 5.99. The highest BCUT2D eigenvalue weighted by Gasteiger charge is 2.11. The third-order valence-corrected chi connectivity index (χ3v) is 3.99. The van der Waals surface area contributed by atoms with Crippen LogP contribution in [0.15, 0.2) is 35.7 Å². The van der Waals surface area contributed by atoms with Crippen molar-refractivity contribution >= 4 is 28.1 Å². The van der Waals surface area contributed by atoms with Crippen LogP contribution < -0.4 is 5.73 Å². The van der Waals surface area contributed by atoms with Crippen LogP contribution in [0.3, 0.4) is 0 Å². The van der Waals surface area contributed by atoms with Gasteiger partial charge in [-0.15, -0.1) is 11.3 Å². The van der Waals surface area contributed by atoms with Crippen LogP contribution in [0.25, 0.3) is 11.0 Å². The van der Waals surface area contributed by atoms with E-state index in [1.807, 2.05) is 12.1 Å². The van der Waals surface area contributed by atoms with E-state index in [1.165, 1.54) is 4.88 Å². The normalized spacial score (nSPS) is 11.2. The fourth-order valence-electron chi connectivity index (χ4n) is 2.27. The van der Waals surface area contributed by atoms with E-state index in [1.54, 1.807) is 11.3 Å². The minimum Gasteiger partial charge on any atom is -0.397 e. The predicted molar refractivity (Wildman–Crippen MR) is 76.9 cm³/mol. The van der Waals surface area contributed by atoms with E-state index in [9.17, 15) is 0 Å². The number of fused-ring (bicyclic) bond motifs is 1. The molecule has 92 valence electrons. The molecule has 3 nitrogen and oxygen atoms in total. The molecule has 0 saturated heterocycles. The molecule has 2 N–H and O–H groups in total. The summed E-state index contributed by atoms with van der Waals surface area (Å²) >= 11 is 1.77. The summed E-state index contributed by atoms with van der Waals surface area (Å²) in [5, 5.41) is 2.10. The number of aryl methyl sites for hydroxylation is 1. The molecule has 0 aliphatic carbocycles. The smallest absolute Gasteiger partial charge is 0.115 e. The Kier molecular flexibility index (Phi) is 2.80. The zero-order valence-electron chi connectivity index (χ0n) is 10.3. The summed E-state index contributed by atoms with van der Waals surface area (Å²) in [5.41, 5.74) is 8.80. The van der Waals surface area contributed by atoms with E-state index < -0.39 is 0 Å². The second-order valence-electron chi connectivity index (χ2n) is 4.24. The maximum Gasteiger partial charge on any atom is 0.115 e. The van der Waals surface area contributed by atoms with Gasteiger partial charge in [-0.25, -0.2) is 4.98 Å². The molecule has 4 heteroatoms. The number of thiophene rings is 1. The minimum absolute atomic E-state index is 0.757. The second kappa shape index (κ2) is 4.46. The van der Waals surface area contributed by atoms with Gasteiger partial charge >= 0.3 is 0 Å². The molecule has 2 aromatic heterocycles. The van der Waals surface area contributed by atoms with Gasteiger partial charge in [0.2, 0.25) is 0 Å². The first kappa shape index (κ1) is 11.3. The second-order valence-corrected chi connectivity index (χ2v) is 5.28. The van der Waals surface area contributed by atoms with Crippen LogP contribution in [-0.2, 0) is 13.0 Å². The van der Waals surface area contributed by atoms with Gasteiger partial charge < -0.3 is 10.3 Å². The van der Waals surface area contributed by atoms with Gasteiger partial charge in [-0.2, -0.15) is 0 Å². The molecule has 2 heterocycles. The first-order valence-corrected chi connectivity index (χ1v) is 6.93. The van der Waals surface area contributed by atoms with E-state index >= 15 is 0 Å². The highest BCUT2D eigenvalue weighted by molar-refractivity contribution is 7.09. The average Bonchev–Trinajstić information content (AvgIpc) is 2.97. The van der Waals surface area contributed by atoms with Crippen molar-refractivity contribution in [3.63, 3.8) is 0 Å². The van der Waals surface area contributed by atoms with E-state index in [0.717, 1.165) is 35.5 Å². The Morgan fingerprint density at radius 1 is 1.28 bits per heavy atom. The number of hydrogen-bond donors (Lipinski definition) is 1. The summed E-state index contributed by atoms with van der Waals surface area (Å²) in [6, 6.07) is 10.2. The summed E-state index contributed by atoms with van der Waals surface area (Å²) in [5.74, 6) is 1.09. The molecule has 0 atom stereocenters. The molecule has 3 aromatic rings. The van der Waals surface area contributed by atoms with Crippen molar-refractivity contribution in [2.45, 2.75) is 19.9 Å². The van der Waals surface area contributed by atoms with Crippen molar-refractivity contribution in [2.75, 3.05) is 5.73 Å². The van der Waals surface area contributed by atoms with E-state index in [-0.39, 0.29) is 0 Å². The summed E-state index contributed by atoms with van der Waals surface area (Å²) in [4.78, 5) is 6.03. The van der Waals surface area contributed by atoms with Gasteiger partial charge in [0.25, 0.3) is 0 Å². The van der Waals surface area contributed by atoms with Crippen molar-refractivity contribution in [3.05, 3.63) is 46.4 Å². The first-order chi connectivity index (χ1) is 8.79. The molecule has 3 rings (SSSR count). The molecule has 1 aromatic carbocycles. The van der Waals surface area contributed by atoms with Gasteiger partial charge in [-0.05, 0) is 30.5 Å². The molecule has 18 heavy (non-hydrogen) atoms. The number of imidazole rings is 1. The molecule has 0 bridgehead atoms. The third kappa shape index (κ3) is 1.78. The number of anilines is 1. The lowest BCUT2D eigenvalue weighted by Gasteiger charge is -2.04. The molecular formula is C14H15N3S. The quantitative estimate of drug-likeness (QED) is 0.732. The predicted octanol–water partition coefficient (Wildman–Crippen LogP) is 3.29. The molecular weight excluding hydrogens is 242 g/mol. The fourth-order valence-corrected chi connectivity index (χ4v) is 2.98. The lowest BCUT2D eigenvalue weighted by Crippen LogP contribution is -2.01. The van der Waals surface area contributed by atoms with Gasteiger partial charge in [0.15, 0.2) is 0 Å². The molecule has 0 saturated carbocycles. The van der Waals surface area contributed by atoms with Crippen molar-refractivity contribution < 1.29 is 0 Å². The first-order valence-electron chi connectivity index (χ1n) is 6.05. The Labute approximate surface area is 110 Å². The number of rotatable bonds is 3. The van der Waals surface area contributed by atoms with Crippen LogP contribution in [0.2, 0.25) is 0 Å². The van der Waals surface area contributed by atoms with Crippen LogP contribution in [0, 0.1) is 0 Å². The van der Waals surface area contributed by atoms with E-state index in [2.05, 4.69) is 35.1 Å². The van der Waals surface area contributed by atoms with Crippen LogP contribution >= 0.6 is 11.3 Å². The molecule has 0 aliphatic heterocycles. The molecule has 0 spiro atoms. The Balaban J connectivity index is 2.14. The van der Waals surface area contributed by atoms with Gasteiger partial charge in [-0.3, -0.25) is 0 Å². The number of para-hydroxylation sites is 1. The van der Waals surface area contributed by atoms with Gasteiger partial charge in [0.1, 0.15) is 11.3 Å². The van der Waals surface area contributed by atoms with Crippen LogP contribution in [0.4, 0.5) is 5.69 Å². The number of aromatic nitrogens is 2. The number of nitrogens with two attached hydrogens (primary N) is 1. The van der Waals surface area contributed by atoms with E-state index in [0.29, 0.717) is 0 Å². The van der Waals surface area contributed by atoms with Crippen LogP contribution in [-0.4, -0.2) is 9.55 Å². The SMILES string of the molecule is CCn1c(Cc2cccs2)nc2c(N)cccc21. The maximum absolute atomic E-state index is 5.99. The van der Waals surface area contributed by atoms with E-state index in [4.69, 9.17) is 10.7 Å². The number of benzene rings is 1. The summed E-state index contributed by atoms with van der Waals surface area (Å²) < 4.78 is 2.24. The number of nitrogen functional groups attached to an aromatic ring is 1. The topological polar surface area (TPSA) is 43.8 Å². The van der Waals surface area contributed by atoms with Crippen LogP contribution in [0.1, 0.15) is 17.6 Å². The molecule has 0 aliphatic rings. The van der Waals surface area contributed by atoms with Gasteiger partial charge in [-0.1, -0.05) is 12.1 Å². The van der Waals surface area contributed by atoms with Gasteiger partial charge in [0, 0.05) is 17.8 Å². The van der Waals surface area contributed by atoms with Crippen molar-refractivity contribution in [1.29, 1.82) is 0 Å². The van der Waals surface area contributed by atoms with Crippen LogP contribution in [0.5, 0.6) is 0 Å². The summed E-state index contributed by atoms with van der Waals surface area (Å²) in [6.07, 6.45) is 0.875. The zero-order chi connectivity index (χ0) is 12.5. The summed E-state index contributed by atoms with van der Waals surface area (Å²) in [6.45, 7) is 3.06.